The van der Waals surface area contributed by atoms with E-state index >= 15 is 0 Å². The maximum absolute atomic E-state index is 12.5. The van der Waals surface area contributed by atoms with Gasteiger partial charge in [0.1, 0.15) is 5.75 Å². The Morgan fingerprint density at radius 2 is 1.85 bits per heavy atom. The van der Waals surface area contributed by atoms with E-state index in [-0.39, 0.29) is 25.0 Å². The second kappa shape index (κ2) is 8.69. The third-order valence-electron chi connectivity index (χ3n) is 5.68. The predicted molar refractivity (Wildman–Crippen MR) is 113 cm³/mol. The largest absolute Gasteiger partial charge is 0.573 e. The number of likely N-dealkylation sites (tertiary alicyclic amines) is 1. The van der Waals surface area contributed by atoms with Crippen LogP contribution in [0.2, 0.25) is 0 Å². The lowest BCUT2D eigenvalue weighted by Crippen LogP contribution is -2.46. The molecule has 9 nitrogen and oxygen atoms in total. The van der Waals surface area contributed by atoms with Crippen LogP contribution >= 0.6 is 0 Å². The Morgan fingerprint density at radius 3 is 2.59 bits per heavy atom. The third-order valence-corrected chi connectivity index (χ3v) is 5.68. The topological polar surface area (TPSA) is 93.7 Å². The fourth-order valence-corrected chi connectivity index (χ4v) is 3.98. The van der Waals surface area contributed by atoms with Crippen LogP contribution in [0.4, 0.5) is 18.9 Å². The Hall–Kier alpha value is -3.51. The van der Waals surface area contributed by atoms with E-state index in [4.69, 9.17) is 14.3 Å². The summed E-state index contributed by atoms with van der Waals surface area (Å²) in [5.41, 5.74) is 3.21. The number of hydrogen-bond donors (Lipinski definition) is 2. The number of fused-ring (bicyclic) bond motifs is 1. The minimum Gasteiger partial charge on any atom is -0.454 e. The molecule has 0 bridgehead atoms. The number of anilines is 1. The van der Waals surface area contributed by atoms with Gasteiger partial charge in [0.2, 0.25) is 12.7 Å². The molecule has 3 aliphatic heterocycles. The zero-order valence-electron chi connectivity index (χ0n) is 17.9. The number of hydrogen-bond acceptors (Lipinski definition) is 8. The number of carbonyl (C=O) groups is 1. The van der Waals surface area contributed by atoms with Gasteiger partial charge in [0.05, 0.1) is 6.54 Å². The quantitative estimate of drug-likeness (QED) is 0.683. The lowest BCUT2D eigenvalue weighted by atomic mass is 10.0. The number of amidine groups is 1. The molecule has 12 heteroatoms. The molecule has 2 aromatic rings. The summed E-state index contributed by atoms with van der Waals surface area (Å²) in [5, 5.41) is 2.86. The van der Waals surface area contributed by atoms with Crippen LogP contribution < -0.4 is 25.0 Å². The summed E-state index contributed by atoms with van der Waals surface area (Å²) in [6.07, 6.45) is -3.64. The van der Waals surface area contributed by atoms with Crippen LogP contribution in [0.5, 0.6) is 17.2 Å². The molecule has 0 unspecified atom stereocenters. The average molecular weight is 478 g/mol. The normalized spacial score (nSPS) is 19.0. The second-order valence-electron chi connectivity index (χ2n) is 8.08. The highest BCUT2D eigenvalue weighted by Crippen LogP contribution is 2.34. The first-order valence-electron chi connectivity index (χ1n) is 10.6. The standard InChI is InChI=1S/C22H21F3N4O5/c23-22(24,25)33-16-4-1-14(2-5-16)20-27-21(34-28-20)7-9-29(10-8-21)12-19(30)26-15-3-6-17-18(11-15)32-13-31-17/h1-6,11H,7-10,12-13H2,(H,26,30)(H,27,28). The van der Waals surface area contributed by atoms with Crippen molar-refractivity contribution in [1.82, 2.24) is 10.4 Å². The van der Waals surface area contributed by atoms with Gasteiger partial charge in [0.25, 0.3) is 0 Å². The summed E-state index contributed by atoms with van der Waals surface area (Å²) in [5.74, 6) is 1.23. The zero-order chi connectivity index (χ0) is 23.8. The third kappa shape index (κ3) is 5.02. The zero-order valence-corrected chi connectivity index (χ0v) is 17.9. The molecular formula is C22H21F3N4O5. The number of nitrogens with one attached hydrogen (secondary N) is 2. The van der Waals surface area contributed by atoms with Crippen molar-refractivity contribution in [3.05, 3.63) is 48.0 Å². The van der Waals surface area contributed by atoms with Crippen LogP contribution in [-0.2, 0) is 9.63 Å². The highest BCUT2D eigenvalue weighted by Gasteiger charge is 2.40. The monoisotopic (exact) mass is 478 g/mol. The summed E-state index contributed by atoms with van der Waals surface area (Å²) in [6, 6.07) is 10.6. The molecule has 34 heavy (non-hydrogen) atoms. The molecule has 0 atom stereocenters. The predicted octanol–water partition coefficient (Wildman–Crippen LogP) is 3.03. The highest BCUT2D eigenvalue weighted by molar-refractivity contribution is 5.99. The lowest BCUT2D eigenvalue weighted by Gasteiger charge is -2.35. The summed E-state index contributed by atoms with van der Waals surface area (Å²) in [7, 11) is 0. The molecule has 180 valence electrons. The van der Waals surface area contributed by atoms with E-state index in [0.29, 0.717) is 54.5 Å². The van der Waals surface area contributed by atoms with Gasteiger partial charge in [0, 0.05) is 43.2 Å². The van der Waals surface area contributed by atoms with E-state index in [0.717, 1.165) is 0 Å². The molecule has 2 N–H and O–H groups in total. The van der Waals surface area contributed by atoms with Crippen molar-refractivity contribution in [2.45, 2.75) is 24.9 Å². The number of amides is 1. The number of carbonyl (C=O) groups excluding carboxylic acids is 1. The maximum atomic E-state index is 12.5. The Kier molecular flexibility index (Phi) is 5.70. The number of aliphatic imine (C=N–C) groups is 1. The van der Waals surface area contributed by atoms with Crippen molar-refractivity contribution >= 4 is 17.4 Å². The van der Waals surface area contributed by atoms with Gasteiger partial charge >= 0.3 is 6.36 Å². The maximum Gasteiger partial charge on any atom is 0.573 e. The first kappa shape index (κ1) is 22.3. The molecule has 0 radical (unpaired) electrons. The number of piperidine rings is 1. The van der Waals surface area contributed by atoms with E-state index in [1.165, 1.54) is 24.3 Å². The van der Waals surface area contributed by atoms with Gasteiger partial charge in [-0.3, -0.25) is 9.69 Å². The van der Waals surface area contributed by atoms with E-state index in [2.05, 4.69) is 20.5 Å². The van der Waals surface area contributed by atoms with Crippen LogP contribution in [0.25, 0.3) is 0 Å². The van der Waals surface area contributed by atoms with Crippen molar-refractivity contribution in [3.63, 3.8) is 0 Å². The van der Waals surface area contributed by atoms with Gasteiger partial charge < -0.3 is 19.5 Å². The first-order valence-corrected chi connectivity index (χ1v) is 10.6. The summed E-state index contributed by atoms with van der Waals surface area (Å²) in [4.78, 5) is 24.8. The minimum absolute atomic E-state index is 0.148. The molecule has 1 fully saturated rings. The van der Waals surface area contributed by atoms with Gasteiger partial charge in [-0.2, -0.15) is 0 Å². The van der Waals surface area contributed by atoms with E-state index in [1.807, 2.05) is 4.90 Å². The van der Waals surface area contributed by atoms with E-state index in [1.54, 1.807) is 18.2 Å². The van der Waals surface area contributed by atoms with E-state index < -0.39 is 12.1 Å². The van der Waals surface area contributed by atoms with Crippen LogP contribution in [0.3, 0.4) is 0 Å². The number of ether oxygens (including phenoxy) is 3. The van der Waals surface area contributed by atoms with E-state index in [9.17, 15) is 18.0 Å². The molecule has 1 saturated heterocycles. The smallest absolute Gasteiger partial charge is 0.454 e. The van der Waals surface area contributed by atoms with Gasteiger partial charge in [-0.25, -0.2) is 15.3 Å². The van der Waals surface area contributed by atoms with Crippen molar-refractivity contribution in [3.8, 4) is 17.2 Å². The van der Waals surface area contributed by atoms with Gasteiger partial charge in [-0.05, 0) is 36.4 Å². The van der Waals surface area contributed by atoms with Crippen LogP contribution in [0.1, 0.15) is 18.4 Å². The van der Waals surface area contributed by atoms with Crippen LogP contribution in [-0.4, -0.2) is 55.2 Å². The summed E-state index contributed by atoms with van der Waals surface area (Å²) in [6.45, 7) is 1.56. The van der Waals surface area contributed by atoms with Crippen LogP contribution in [0.15, 0.2) is 47.5 Å². The second-order valence-corrected chi connectivity index (χ2v) is 8.08. The molecule has 2 aromatic carbocycles. The number of rotatable bonds is 5. The molecule has 0 aromatic heterocycles. The summed E-state index contributed by atoms with van der Waals surface area (Å²) >= 11 is 0. The molecular weight excluding hydrogens is 457 g/mol. The summed E-state index contributed by atoms with van der Waals surface area (Å²) < 4.78 is 51.5. The molecule has 3 heterocycles. The fourth-order valence-electron chi connectivity index (χ4n) is 3.98. The number of alkyl halides is 3. The molecule has 1 spiro atoms. The van der Waals surface area contributed by atoms with Crippen molar-refractivity contribution in [2.75, 3.05) is 31.7 Å². The first-order chi connectivity index (χ1) is 16.3. The Balaban J connectivity index is 1.14. The van der Waals surface area contributed by atoms with Crippen molar-refractivity contribution in [1.29, 1.82) is 0 Å². The van der Waals surface area contributed by atoms with Crippen LogP contribution in [0, 0.1) is 0 Å². The molecule has 0 saturated carbocycles. The lowest BCUT2D eigenvalue weighted by molar-refractivity contribution is -0.274. The Morgan fingerprint density at radius 1 is 1.12 bits per heavy atom. The molecule has 1 amide bonds. The van der Waals surface area contributed by atoms with Crippen molar-refractivity contribution in [2.24, 2.45) is 4.99 Å². The molecule has 5 rings (SSSR count). The molecule has 0 aliphatic carbocycles. The number of benzene rings is 2. The van der Waals surface area contributed by atoms with Crippen molar-refractivity contribution < 1.29 is 37.0 Å². The molecule has 3 aliphatic rings. The van der Waals surface area contributed by atoms with Gasteiger partial charge in [-0.15, -0.1) is 13.2 Å². The number of hydroxylamine groups is 1. The SMILES string of the molecule is O=C(CN1CCC2(CC1)N=C(c1ccc(OC(F)(F)F)cc1)NO2)Nc1ccc2c(c1)OCO2. The Bertz CT molecular complexity index is 1100. The van der Waals surface area contributed by atoms with Gasteiger partial charge in [-0.1, -0.05) is 0 Å². The number of nitrogens with zero attached hydrogens (tertiary/aromatic N) is 2. The fraction of sp³-hybridized carbons (Fsp3) is 0.364. The number of halogens is 3. The van der Waals surface area contributed by atoms with Gasteiger partial charge in [0.15, 0.2) is 23.1 Å². The highest BCUT2D eigenvalue weighted by atomic mass is 19.4. The Labute approximate surface area is 192 Å². The average Bonchev–Trinajstić information content (AvgIpc) is 3.42. The minimum atomic E-state index is -4.74.